The maximum Gasteiger partial charge on any atom is 0.257 e. The molecular formula is C22H24N4O2. The largest absolute Gasteiger partial charge is 0.457 e. The minimum absolute atomic E-state index is 0.205. The van der Waals surface area contributed by atoms with Gasteiger partial charge in [-0.05, 0) is 62.6 Å². The van der Waals surface area contributed by atoms with Gasteiger partial charge in [0.2, 0.25) is 0 Å². The van der Waals surface area contributed by atoms with Crippen LogP contribution in [0.2, 0.25) is 0 Å². The first-order chi connectivity index (χ1) is 13.6. The fourth-order valence-electron chi connectivity index (χ4n) is 2.47. The van der Waals surface area contributed by atoms with Crippen LogP contribution in [0.15, 0.2) is 72.9 Å². The van der Waals surface area contributed by atoms with Crippen molar-refractivity contribution in [3.8, 4) is 11.5 Å². The molecule has 6 nitrogen and oxygen atoms in total. The highest BCUT2D eigenvalue weighted by molar-refractivity contribution is 6.04. The van der Waals surface area contributed by atoms with Crippen LogP contribution in [0, 0.1) is 0 Å². The number of nitrogens with zero attached hydrogens (tertiary/aromatic N) is 2. The van der Waals surface area contributed by atoms with Crippen LogP contribution in [0.4, 0.5) is 11.5 Å². The molecule has 3 aromatic rings. The van der Waals surface area contributed by atoms with Gasteiger partial charge in [-0.2, -0.15) is 0 Å². The number of amides is 1. The highest BCUT2D eigenvalue weighted by Gasteiger charge is 2.07. The molecular weight excluding hydrogens is 352 g/mol. The summed E-state index contributed by atoms with van der Waals surface area (Å²) in [6.07, 6.45) is 1.57. The normalized spacial score (nSPS) is 10.5. The Kier molecular flexibility index (Phi) is 6.59. The molecule has 0 saturated carbocycles. The van der Waals surface area contributed by atoms with Crippen LogP contribution < -0.4 is 15.4 Å². The minimum Gasteiger partial charge on any atom is -0.457 e. The number of para-hydroxylation sites is 1. The van der Waals surface area contributed by atoms with Crippen LogP contribution in [0.3, 0.4) is 0 Å². The highest BCUT2D eigenvalue weighted by Crippen LogP contribution is 2.22. The molecule has 0 aliphatic heterocycles. The van der Waals surface area contributed by atoms with Crippen molar-refractivity contribution >= 4 is 17.4 Å². The van der Waals surface area contributed by atoms with Crippen molar-refractivity contribution in [2.75, 3.05) is 37.8 Å². The standard InChI is InChI=1S/C22H24N4O2/c1-26(2)15-14-23-21-13-8-17(16-24-21)22(27)25-18-9-11-20(12-10-18)28-19-6-4-3-5-7-19/h3-13,16H,14-15H2,1-2H3,(H,23,24)(H,25,27). The number of nitrogens with one attached hydrogen (secondary N) is 2. The fourth-order valence-corrected chi connectivity index (χ4v) is 2.47. The molecule has 0 spiro atoms. The van der Waals surface area contributed by atoms with Crippen molar-refractivity contribution in [2.24, 2.45) is 0 Å². The van der Waals surface area contributed by atoms with Gasteiger partial charge in [-0.1, -0.05) is 18.2 Å². The van der Waals surface area contributed by atoms with Crippen LogP contribution in [-0.2, 0) is 0 Å². The highest BCUT2D eigenvalue weighted by atomic mass is 16.5. The smallest absolute Gasteiger partial charge is 0.257 e. The van der Waals surface area contributed by atoms with Gasteiger partial charge in [-0.15, -0.1) is 0 Å². The molecule has 28 heavy (non-hydrogen) atoms. The van der Waals surface area contributed by atoms with Gasteiger partial charge in [-0.3, -0.25) is 4.79 Å². The molecule has 6 heteroatoms. The van der Waals surface area contributed by atoms with E-state index in [1.807, 2.05) is 56.6 Å². The van der Waals surface area contributed by atoms with Gasteiger partial charge in [0, 0.05) is 25.0 Å². The molecule has 0 aliphatic rings. The SMILES string of the molecule is CN(C)CCNc1ccc(C(=O)Nc2ccc(Oc3ccccc3)cc2)cn1. The summed E-state index contributed by atoms with van der Waals surface area (Å²) in [5, 5.41) is 6.08. The molecule has 0 fully saturated rings. The molecule has 0 aliphatic carbocycles. The first-order valence-corrected chi connectivity index (χ1v) is 9.09. The number of likely N-dealkylation sites (N-methyl/N-ethyl adjacent to an activating group) is 1. The summed E-state index contributed by atoms with van der Waals surface area (Å²) in [5.74, 6) is 2.02. The number of anilines is 2. The number of aromatic nitrogens is 1. The van der Waals surface area contributed by atoms with E-state index in [1.54, 1.807) is 30.5 Å². The van der Waals surface area contributed by atoms with Crippen molar-refractivity contribution in [3.05, 3.63) is 78.5 Å². The van der Waals surface area contributed by atoms with Gasteiger partial charge < -0.3 is 20.3 Å². The molecule has 2 aromatic carbocycles. The summed E-state index contributed by atoms with van der Waals surface area (Å²) in [4.78, 5) is 18.8. The molecule has 1 amide bonds. The summed E-state index contributed by atoms with van der Waals surface area (Å²) in [6.45, 7) is 1.71. The number of hydrogen-bond acceptors (Lipinski definition) is 5. The zero-order chi connectivity index (χ0) is 19.8. The van der Waals surface area contributed by atoms with E-state index in [-0.39, 0.29) is 5.91 Å². The first-order valence-electron chi connectivity index (χ1n) is 9.09. The second kappa shape index (κ2) is 9.53. The van der Waals surface area contributed by atoms with Crippen molar-refractivity contribution < 1.29 is 9.53 Å². The van der Waals surface area contributed by atoms with E-state index in [0.717, 1.165) is 24.7 Å². The zero-order valence-corrected chi connectivity index (χ0v) is 16.1. The first kappa shape index (κ1) is 19.4. The molecule has 0 saturated heterocycles. The maximum absolute atomic E-state index is 12.4. The molecule has 0 unspecified atom stereocenters. The quantitative estimate of drug-likeness (QED) is 0.620. The molecule has 1 aromatic heterocycles. The molecule has 3 rings (SSSR count). The predicted octanol–water partition coefficient (Wildman–Crippen LogP) is 4.10. The van der Waals surface area contributed by atoms with Crippen LogP contribution in [-0.4, -0.2) is 43.0 Å². The van der Waals surface area contributed by atoms with E-state index in [9.17, 15) is 4.79 Å². The summed E-state index contributed by atoms with van der Waals surface area (Å²) in [7, 11) is 4.03. The Morgan fingerprint density at radius 3 is 2.32 bits per heavy atom. The minimum atomic E-state index is -0.205. The third-order valence-corrected chi connectivity index (χ3v) is 3.98. The van der Waals surface area contributed by atoms with Gasteiger partial charge in [0.1, 0.15) is 17.3 Å². The second-order valence-corrected chi connectivity index (χ2v) is 6.56. The summed E-state index contributed by atoms with van der Waals surface area (Å²) in [6, 6.07) is 20.4. The van der Waals surface area contributed by atoms with Gasteiger partial charge in [0.05, 0.1) is 5.56 Å². The van der Waals surface area contributed by atoms with Crippen LogP contribution in [0.5, 0.6) is 11.5 Å². The van der Waals surface area contributed by atoms with Gasteiger partial charge in [-0.25, -0.2) is 4.98 Å². The van der Waals surface area contributed by atoms with E-state index in [0.29, 0.717) is 17.0 Å². The third kappa shape index (κ3) is 5.82. The van der Waals surface area contributed by atoms with Crippen molar-refractivity contribution in [2.45, 2.75) is 0 Å². The fraction of sp³-hybridized carbons (Fsp3) is 0.182. The monoisotopic (exact) mass is 376 g/mol. The lowest BCUT2D eigenvalue weighted by Gasteiger charge is -2.11. The lowest BCUT2D eigenvalue weighted by molar-refractivity contribution is 0.102. The van der Waals surface area contributed by atoms with Crippen molar-refractivity contribution in [1.29, 1.82) is 0 Å². The van der Waals surface area contributed by atoms with E-state index < -0.39 is 0 Å². The Labute approximate surface area is 165 Å². The third-order valence-electron chi connectivity index (χ3n) is 3.98. The van der Waals surface area contributed by atoms with Crippen LogP contribution >= 0.6 is 0 Å². The zero-order valence-electron chi connectivity index (χ0n) is 16.1. The van der Waals surface area contributed by atoms with Crippen molar-refractivity contribution in [1.82, 2.24) is 9.88 Å². The van der Waals surface area contributed by atoms with Gasteiger partial charge in [0.25, 0.3) is 5.91 Å². The topological polar surface area (TPSA) is 66.5 Å². The molecule has 0 atom stereocenters. The summed E-state index contributed by atoms with van der Waals surface area (Å²) >= 11 is 0. The number of ether oxygens (including phenoxy) is 1. The summed E-state index contributed by atoms with van der Waals surface area (Å²) in [5.41, 5.74) is 1.20. The average molecular weight is 376 g/mol. The molecule has 0 bridgehead atoms. The van der Waals surface area contributed by atoms with Crippen LogP contribution in [0.1, 0.15) is 10.4 Å². The average Bonchev–Trinajstić information content (AvgIpc) is 2.70. The molecule has 0 radical (unpaired) electrons. The number of hydrogen-bond donors (Lipinski definition) is 2. The molecule has 2 N–H and O–H groups in total. The Balaban J connectivity index is 1.54. The maximum atomic E-state index is 12.4. The Morgan fingerprint density at radius 1 is 0.964 bits per heavy atom. The number of pyridine rings is 1. The number of rotatable bonds is 8. The van der Waals surface area contributed by atoms with E-state index in [4.69, 9.17) is 4.74 Å². The van der Waals surface area contributed by atoms with Crippen LogP contribution in [0.25, 0.3) is 0 Å². The van der Waals surface area contributed by atoms with Gasteiger partial charge >= 0.3 is 0 Å². The number of carbonyl (C=O) groups excluding carboxylic acids is 1. The van der Waals surface area contributed by atoms with E-state index in [2.05, 4.69) is 20.5 Å². The summed E-state index contributed by atoms with van der Waals surface area (Å²) < 4.78 is 5.75. The Bertz CT molecular complexity index is 879. The van der Waals surface area contributed by atoms with Crippen molar-refractivity contribution in [3.63, 3.8) is 0 Å². The lowest BCUT2D eigenvalue weighted by atomic mass is 10.2. The Hall–Kier alpha value is -3.38. The Morgan fingerprint density at radius 2 is 1.68 bits per heavy atom. The molecule has 1 heterocycles. The van der Waals surface area contributed by atoms with Gasteiger partial charge in [0.15, 0.2) is 0 Å². The predicted molar refractivity (Wildman–Crippen MR) is 112 cm³/mol. The second-order valence-electron chi connectivity index (χ2n) is 6.56. The molecule has 144 valence electrons. The van der Waals surface area contributed by atoms with E-state index >= 15 is 0 Å². The number of benzene rings is 2. The lowest BCUT2D eigenvalue weighted by Crippen LogP contribution is -2.21. The van der Waals surface area contributed by atoms with E-state index in [1.165, 1.54) is 0 Å². The number of carbonyl (C=O) groups is 1.